The van der Waals surface area contributed by atoms with E-state index in [0.29, 0.717) is 0 Å². The van der Waals surface area contributed by atoms with Crippen molar-refractivity contribution < 1.29 is 17.6 Å². The lowest BCUT2D eigenvalue weighted by molar-refractivity contribution is -0.144. The van der Waals surface area contributed by atoms with E-state index in [-0.39, 0.29) is 17.9 Å². The third kappa shape index (κ3) is 2.00. The first kappa shape index (κ1) is 10.9. The highest BCUT2D eigenvalue weighted by molar-refractivity contribution is 5.16. The number of hydrogen-bond acceptors (Lipinski definition) is 2. The normalized spacial score (nSPS) is 11.9. The molecule has 1 aromatic heterocycles. The van der Waals surface area contributed by atoms with Crippen molar-refractivity contribution in [2.45, 2.75) is 26.4 Å². The Morgan fingerprint density at radius 3 is 2.21 bits per heavy atom. The molecule has 0 aliphatic carbocycles. The first-order valence-corrected chi connectivity index (χ1v) is 3.96. The SMILES string of the molecule is CCc1nc(C)nc(C(F)(F)F)c1F. The van der Waals surface area contributed by atoms with E-state index < -0.39 is 17.7 Å². The van der Waals surface area contributed by atoms with Crippen LogP contribution < -0.4 is 0 Å². The zero-order chi connectivity index (χ0) is 10.9. The third-order valence-corrected chi connectivity index (χ3v) is 1.64. The molecule has 1 aromatic rings. The van der Waals surface area contributed by atoms with Gasteiger partial charge in [0.15, 0.2) is 11.5 Å². The van der Waals surface area contributed by atoms with Crippen molar-refractivity contribution in [3.63, 3.8) is 0 Å². The molecule has 0 atom stereocenters. The fourth-order valence-corrected chi connectivity index (χ4v) is 1.04. The number of aryl methyl sites for hydroxylation is 2. The van der Waals surface area contributed by atoms with Gasteiger partial charge in [-0.05, 0) is 13.3 Å². The zero-order valence-corrected chi connectivity index (χ0v) is 7.61. The van der Waals surface area contributed by atoms with Gasteiger partial charge in [-0.15, -0.1) is 0 Å². The molecular weight excluding hydrogens is 200 g/mol. The van der Waals surface area contributed by atoms with E-state index in [9.17, 15) is 17.6 Å². The summed E-state index contributed by atoms with van der Waals surface area (Å²) in [5.41, 5.74) is -1.69. The van der Waals surface area contributed by atoms with Gasteiger partial charge in [-0.1, -0.05) is 6.92 Å². The fraction of sp³-hybridized carbons (Fsp3) is 0.500. The summed E-state index contributed by atoms with van der Waals surface area (Å²) in [6, 6.07) is 0. The van der Waals surface area contributed by atoms with Crippen molar-refractivity contribution in [3.8, 4) is 0 Å². The molecule has 1 heterocycles. The van der Waals surface area contributed by atoms with E-state index in [2.05, 4.69) is 9.97 Å². The van der Waals surface area contributed by atoms with Crippen molar-refractivity contribution in [1.82, 2.24) is 9.97 Å². The van der Waals surface area contributed by atoms with Crippen LogP contribution in [0.25, 0.3) is 0 Å². The Hall–Kier alpha value is -1.20. The molecule has 0 aliphatic rings. The van der Waals surface area contributed by atoms with E-state index in [4.69, 9.17) is 0 Å². The molecule has 0 saturated carbocycles. The zero-order valence-electron chi connectivity index (χ0n) is 7.61. The largest absolute Gasteiger partial charge is 0.436 e. The van der Waals surface area contributed by atoms with Gasteiger partial charge in [-0.25, -0.2) is 14.4 Å². The van der Waals surface area contributed by atoms with Gasteiger partial charge in [0.25, 0.3) is 0 Å². The second-order valence-corrected chi connectivity index (χ2v) is 2.73. The molecule has 78 valence electrons. The standard InChI is InChI=1S/C8H8F4N2/c1-3-5-6(9)7(8(10,11)12)14-4(2)13-5/h3H2,1-2H3. The number of aromatic nitrogens is 2. The van der Waals surface area contributed by atoms with Crippen molar-refractivity contribution in [2.24, 2.45) is 0 Å². The molecule has 0 radical (unpaired) electrons. The molecule has 6 heteroatoms. The Kier molecular flexibility index (Phi) is 2.73. The summed E-state index contributed by atoms with van der Waals surface area (Å²) in [4.78, 5) is 6.62. The second kappa shape index (κ2) is 3.51. The summed E-state index contributed by atoms with van der Waals surface area (Å²) in [5, 5.41) is 0. The molecule has 0 unspecified atom stereocenters. The number of nitrogens with zero attached hydrogens (tertiary/aromatic N) is 2. The lowest BCUT2D eigenvalue weighted by atomic mass is 10.2. The molecule has 0 saturated heterocycles. The van der Waals surface area contributed by atoms with Gasteiger partial charge in [0.1, 0.15) is 5.82 Å². The van der Waals surface area contributed by atoms with Gasteiger partial charge in [0, 0.05) is 0 Å². The van der Waals surface area contributed by atoms with Crippen LogP contribution in [0.4, 0.5) is 17.6 Å². The van der Waals surface area contributed by atoms with Crippen LogP contribution in [-0.4, -0.2) is 9.97 Å². The van der Waals surface area contributed by atoms with Crippen LogP contribution in [0.5, 0.6) is 0 Å². The minimum absolute atomic E-state index is 0.0735. The van der Waals surface area contributed by atoms with Crippen molar-refractivity contribution in [3.05, 3.63) is 23.0 Å². The Labute approximate surface area is 78.0 Å². The highest BCUT2D eigenvalue weighted by Crippen LogP contribution is 2.30. The van der Waals surface area contributed by atoms with Gasteiger partial charge in [-0.3, -0.25) is 0 Å². The molecule has 0 aromatic carbocycles. The van der Waals surface area contributed by atoms with E-state index >= 15 is 0 Å². The predicted octanol–water partition coefficient (Wildman–Crippen LogP) is 2.51. The summed E-state index contributed by atoms with van der Waals surface area (Å²) < 4.78 is 49.7. The topological polar surface area (TPSA) is 25.8 Å². The molecule has 0 spiro atoms. The average Bonchev–Trinajstić information content (AvgIpc) is 2.06. The molecule has 0 fully saturated rings. The maximum atomic E-state index is 13.1. The van der Waals surface area contributed by atoms with Crippen molar-refractivity contribution in [2.75, 3.05) is 0 Å². The fourth-order valence-electron chi connectivity index (χ4n) is 1.04. The van der Waals surface area contributed by atoms with Crippen LogP contribution in [0.2, 0.25) is 0 Å². The predicted molar refractivity (Wildman–Crippen MR) is 41.1 cm³/mol. The van der Waals surface area contributed by atoms with Gasteiger partial charge in [-0.2, -0.15) is 13.2 Å². The first-order chi connectivity index (χ1) is 6.36. The van der Waals surface area contributed by atoms with Gasteiger partial charge < -0.3 is 0 Å². The minimum Gasteiger partial charge on any atom is -0.235 e. The van der Waals surface area contributed by atoms with E-state index in [0.717, 1.165) is 0 Å². The molecule has 0 bridgehead atoms. The molecular formula is C8H8F4N2. The van der Waals surface area contributed by atoms with E-state index in [1.807, 2.05) is 0 Å². The van der Waals surface area contributed by atoms with E-state index in [1.54, 1.807) is 0 Å². The second-order valence-electron chi connectivity index (χ2n) is 2.73. The van der Waals surface area contributed by atoms with Crippen LogP contribution in [-0.2, 0) is 12.6 Å². The van der Waals surface area contributed by atoms with Gasteiger partial charge in [0.05, 0.1) is 5.69 Å². The summed E-state index contributed by atoms with van der Waals surface area (Å²) in [7, 11) is 0. The average molecular weight is 208 g/mol. The lowest BCUT2D eigenvalue weighted by Gasteiger charge is -2.09. The molecule has 0 aliphatic heterocycles. The monoisotopic (exact) mass is 208 g/mol. The smallest absolute Gasteiger partial charge is 0.235 e. The van der Waals surface area contributed by atoms with Crippen LogP contribution in [0, 0.1) is 12.7 Å². The maximum absolute atomic E-state index is 13.1. The molecule has 14 heavy (non-hydrogen) atoms. The first-order valence-electron chi connectivity index (χ1n) is 3.96. The number of rotatable bonds is 1. The number of alkyl halides is 3. The van der Waals surface area contributed by atoms with Gasteiger partial charge >= 0.3 is 6.18 Å². The van der Waals surface area contributed by atoms with Crippen molar-refractivity contribution >= 4 is 0 Å². The summed E-state index contributed by atoms with van der Waals surface area (Å²) in [6.45, 7) is 2.83. The van der Waals surface area contributed by atoms with Crippen LogP contribution in [0.3, 0.4) is 0 Å². The third-order valence-electron chi connectivity index (χ3n) is 1.64. The Balaban J connectivity index is 3.37. The van der Waals surface area contributed by atoms with Crippen LogP contribution in [0.15, 0.2) is 0 Å². The van der Waals surface area contributed by atoms with Crippen LogP contribution in [0.1, 0.15) is 24.1 Å². The summed E-state index contributed by atoms with van der Waals surface area (Å²) in [5.74, 6) is -1.44. The highest BCUT2D eigenvalue weighted by atomic mass is 19.4. The summed E-state index contributed by atoms with van der Waals surface area (Å²) >= 11 is 0. The Morgan fingerprint density at radius 2 is 1.79 bits per heavy atom. The minimum atomic E-state index is -4.76. The van der Waals surface area contributed by atoms with Crippen LogP contribution >= 0.6 is 0 Å². The van der Waals surface area contributed by atoms with Gasteiger partial charge in [0.2, 0.25) is 0 Å². The highest BCUT2D eigenvalue weighted by Gasteiger charge is 2.37. The maximum Gasteiger partial charge on any atom is 0.436 e. The molecule has 2 nitrogen and oxygen atoms in total. The molecule has 0 N–H and O–H groups in total. The lowest BCUT2D eigenvalue weighted by Crippen LogP contribution is -2.15. The van der Waals surface area contributed by atoms with E-state index in [1.165, 1.54) is 13.8 Å². The summed E-state index contributed by atoms with van der Waals surface area (Å²) in [6.07, 6.45) is -4.65. The Morgan fingerprint density at radius 1 is 1.21 bits per heavy atom. The Bertz CT molecular complexity index is 346. The quantitative estimate of drug-likeness (QED) is 0.662. The molecule has 0 amide bonds. The number of halogens is 4. The van der Waals surface area contributed by atoms with Crippen molar-refractivity contribution in [1.29, 1.82) is 0 Å². The number of hydrogen-bond donors (Lipinski definition) is 0. The molecule has 1 rings (SSSR count).